The van der Waals surface area contributed by atoms with Gasteiger partial charge in [0.15, 0.2) is 17.4 Å². The summed E-state index contributed by atoms with van der Waals surface area (Å²) < 4.78 is 18.6. The highest BCUT2D eigenvalue weighted by Crippen LogP contribution is 2.46. The summed E-state index contributed by atoms with van der Waals surface area (Å²) in [4.78, 5) is 33.7. The highest BCUT2D eigenvalue weighted by atomic mass is 16.5. The molecule has 34 heavy (non-hydrogen) atoms. The van der Waals surface area contributed by atoms with Crippen molar-refractivity contribution in [2.24, 2.45) is 5.92 Å². The van der Waals surface area contributed by atoms with Crippen molar-refractivity contribution < 1.29 is 23.8 Å². The minimum atomic E-state index is -1.09. The lowest BCUT2D eigenvalue weighted by molar-refractivity contribution is -0.153. The predicted molar refractivity (Wildman–Crippen MR) is 129 cm³/mol. The number of rotatable bonds is 9. The van der Waals surface area contributed by atoms with Crippen LogP contribution in [0.25, 0.3) is 11.0 Å². The second kappa shape index (κ2) is 10.2. The molecule has 4 rings (SSSR count). The number of anilines is 1. The zero-order valence-electron chi connectivity index (χ0n) is 20.1. The summed E-state index contributed by atoms with van der Waals surface area (Å²) in [5.41, 5.74) is 2.24. The second-order valence-electron chi connectivity index (χ2n) is 8.22. The van der Waals surface area contributed by atoms with Crippen molar-refractivity contribution in [1.29, 1.82) is 0 Å². The van der Waals surface area contributed by atoms with Crippen LogP contribution in [0.2, 0.25) is 0 Å². The van der Waals surface area contributed by atoms with Crippen molar-refractivity contribution in [2.75, 3.05) is 32.3 Å². The molecule has 0 fully saturated rings. The van der Waals surface area contributed by atoms with Crippen molar-refractivity contribution in [3.63, 3.8) is 0 Å². The maximum Gasteiger partial charge on any atom is 0.321 e. The Kier molecular flexibility index (Phi) is 7.05. The molecule has 0 saturated heterocycles. The Morgan fingerprint density at radius 2 is 1.82 bits per heavy atom. The van der Waals surface area contributed by atoms with E-state index in [9.17, 15) is 9.59 Å². The van der Waals surface area contributed by atoms with Crippen molar-refractivity contribution in [2.45, 2.75) is 39.2 Å². The quantitative estimate of drug-likeness (QED) is 0.265. The van der Waals surface area contributed by atoms with E-state index in [1.165, 1.54) is 0 Å². The number of imidazole rings is 1. The summed E-state index contributed by atoms with van der Waals surface area (Å²) in [7, 11) is 3.11. The molecular weight excluding hydrogens is 434 g/mol. The summed E-state index contributed by atoms with van der Waals surface area (Å²) >= 11 is 0. The molecule has 0 aliphatic carbocycles. The second-order valence-corrected chi connectivity index (χ2v) is 8.22. The minimum Gasteiger partial charge on any atom is -0.493 e. The van der Waals surface area contributed by atoms with Gasteiger partial charge in [0.05, 0.1) is 37.9 Å². The molecule has 1 aliphatic rings. The molecule has 0 radical (unpaired) electrons. The first-order valence-electron chi connectivity index (χ1n) is 11.7. The van der Waals surface area contributed by atoms with Gasteiger partial charge in [0.2, 0.25) is 11.9 Å². The van der Waals surface area contributed by atoms with Gasteiger partial charge in [-0.2, -0.15) is 0 Å². The zero-order chi connectivity index (χ0) is 24.2. The number of unbranched alkanes of at least 4 members (excludes halogenated alkanes) is 2. The number of hydrogen-bond donors (Lipinski definition) is 0. The number of amides is 1. The van der Waals surface area contributed by atoms with Gasteiger partial charge in [-0.05, 0) is 31.5 Å². The first-order valence-corrected chi connectivity index (χ1v) is 11.7. The van der Waals surface area contributed by atoms with E-state index >= 15 is 0 Å². The topological polar surface area (TPSA) is 82.9 Å². The number of ether oxygens (including phenoxy) is 3. The van der Waals surface area contributed by atoms with Gasteiger partial charge in [0, 0.05) is 12.1 Å². The summed E-state index contributed by atoms with van der Waals surface area (Å²) in [5.74, 6) is -0.449. The molecule has 1 aliphatic heterocycles. The molecule has 1 aromatic heterocycles. The lowest BCUT2D eigenvalue weighted by Crippen LogP contribution is -2.50. The number of para-hydroxylation sites is 3. The number of nitrogens with zero attached hydrogens (tertiary/aromatic N) is 3. The standard InChI is InChI=1S/C26H31N3O5/c1-5-7-10-16-28-24(30)21(25(31)34-6-2)22(17-12-11-15-20(32-3)23(17)33-4)29-19-14-9-8-13-18(19)27-26(28)29/h8-9,11-15,21-22H,5-7,10,16H2,1-4H3/t21-,22+/m0/s1. The Balaban J connectivity index is 2.00. The Morgan fingerprint density at radius 3 is 2.53 bits per heavy atom. The smallest absolute Gasteiger partial charge is 0.321 e. The van der Waals surface area contributed by atoms with Crippen LogP contribution in [-0.2, 0) is 14.3 Å². The van der Waals surface area contributed by atoms with Gasteiger partial charge >= 0.3 is 5.97 Å². The van der Waals surface area contributed by atoms with E-state index in [4.69, 9.17) is 19.2 Å². The van der Waals surface area contributed by atoms with Crippen molar-refractivity contribution >= 4 is 28.9 Å². The van der Waals surface area contributed by atoms with Crippen LogP contribution in [0, 0.1) is 5.92 Å². The van der Waals surface area contributed by atoms with Crippen molar-refractivity contribution in [3.8, 4) is 11.5 Å². The fraction of sp³-hybridized carbons (Fsp3) is 0.423. The monoisotopic (exact) mass is 465 g/mol. The maximum atomic E-state index is 13.9. The number of benzene rings is 2. The molecule has 180 valence electrons. The molecule has 2 aromatic carbocycles. The van der Waals surface area contributed by atoms with Crippen molar-refractivity contribution in [3.05, 3.63) is 48.0 Å². The van der Waals surface area contributed by atoms with Crippen LogP contribution in [0.5, 0.6) is 11.5 Å². The summed E-state index contributed by atoms with van der Waals surface area (Å²) in [5, 5.41) is 0. The molecule has 0 spiro atoms. The van der Waals surface area contributed by atoms with Gasteiger partial charge in [-0.25, -0.2) is 4.98 Å². The SMILES string of the molecule is CCCCCN1C(=O)[C@@H](C(=O)OCC)[C@@H](c2cccc(OC)c2OC)n2c1nc1ccccc12. The molecule has 1 amide bonds. The minimum absolute atomic E-state index is 0.179. The fourth-order valence-corrected chi connectivity index (χ4v) is 4.70. The molecule has 0 saturated carbocycles. The first kappa shape index (κ1) is 23.6. The van der Waals surface area contributed by atoms with E-state index in [0.717, 1.165) is 30.3 Å². The molecule has 0 bridgehead atoms. The van der Waals surface area contributed by atoms with E-state index in [-0.39, 0.29) is 12.5 Å². The maximum absolute atomic E-state index is 13.9. The average molecular weight is 466 g/mol. The van der Waals surface area contributed by atoms with Crippen LogP contribution in [0.15, 0.2) is 42.5 Å². The van der Waals surface area contributed by atoms with Crippen LogP contribution >= 0.6 is 0 Å². The third-order valence-corrected chi connectivity index (χ3v) is 6.22. The normalized spacial score (nSPS) is 17.5. The van der Waals surface area contributed by atoms with Crippen LogP contribution in [0.3, 0.4) is 0 Å². The number of esters is 1. The molecule has 8 nitrogen and oxygen atoms in total. The van der Waals surface area contributed by atoms with E-state index in [2.05, 4.69) is 6.92 Å². The Morgan fingerprint density at radius 1 is 1.03 bits per heavy atom. The largest absolute Gasteiger partial charge is 0.493 e. The summed E-state index contributed by atoms with van der Waals surface area (Å²) in [6, 6.07) is 12.5. The molecule has 2 heterocycles. The predicted octanol–water partition coefficient (Wildman–Crippen LogP) is 4.36. The lowest BCUT2D eigenvalue weighted by atomic mass is 9.88. The molecule has 2 atom stereocenters. The number of methoxy groups -OCH3 is 2. The van der Waals surface area contributed by atoms with Crippen LogP contribution < -0.4 is 14.4 Å². The first-order chi connectivity index (χ1) is 16.6. The van der Waals surface area contributed by atoms with E-state index in [1.807, 2.05) is 41.0 Å². The van der Waals surface area contributed by atoms with Crippen molar-refractivity contribution in [1.82, 2.24) is 9.55 Å². The number of hydrogen-bond acceptors (Lipinski definition) is 6. The van der Waals surface area contributed by atoms with Gasteiger partial charge in [-0.15, -0.1) is 0 Å². The van der Waals surface area contributed by atoms with Gasteiger partial charge in [0.1, 0.15) is 0 Å². The molecular formula is C26H31N3O5. The Labute approximate surface area is 199 Å². The van der Waals surface area contributed by atoms with Gasteiger partial charge in [-0.3, -0.25) is 14.5 Å². The van der Waals surface area contributed by atoms with E-state index < -0.39 is 17.9 Å². The summed E-state index contributed by atoms with van der Waals surface area (Å²) in [6.07, 6.45) is 2.80. The van der Waals surface area contributed by atoms with Crippen LogP contribution in [0.1, 0.15) is 44.7 Å². The third-order valence-electron chi connectivity index (χ3n) is 6.22. The molecule has 8 heteroatoms. The number of aromatic nitrogens is 2. The number of carbonyl (C=O) groups is 2. The van der Waals surface area contributed by atoms with E-state index in [0.29, 0.717) is 29.6 Å². The molecule has 0 unspecified atom stereocenters. The van der Waals surface area contributed by atoms with Gasteiger partial charge in [-0.1, -0.05) is 44.0 Å². The Hall–Kier alpha value is -3.55. The molecule has 0 N–H and O–H groups in total. The number of carbonyl (C=O) groups excluding carboxylic acids is 2. The zero-order valence-corrected chi connectivity index (χ0v) is 20.1. The van der Waals surface area contributed by atoms with Crippen LogP contribution in [0.4, 0.5) is 5.95 Å². The van der Waals surface area contributed by atoms with Gasteiger partial charge < -0.3 is 18.8 Å². The Bertz CT molecular complexity index is 1190. The number of fused-ring (bicyclic) bond motifs is 3. The summed E-state index contributed by atoms with van der Waals surface area (Å²) in [6.45, 7) is 4.51. The van der Waals surface area contributed by atoms with E-state index in [1.54, 1.807) is 32.1 Å². The highest BCUT2D eigenvalue weighted by molar-refractivity contribution is 6.08. The third kappa shape index (κ3) is 3.97. The lowest BCUT2D eigenvalue weighted by Gasteiger charge is -2.38. The average Bonchev–Trinajstić information content (AvgIpc) is 3.23. The highest BCUT2D eigenvalue weighted by Gasteiger charge is 2.48. The van der Waals surface area contributed by atoms with Gasteiger partial charge in [0.25, 0.3) is 0 Å². The molecule has 3 aromatic rings. The fourth-order valence-electron chi connectivity index (χ4n) is 4.70. The van der Waals surface area contributed by atoms with Crippen LogP contribution in [-0.4, -0.2) is 48.8 Å².